The minimum Gasteiger partial charge on any atom is -0.382 e. The van der Waals surface area contributed by atoms with Crippen molar-refractivity contribution in [2.24, 2.45) is 0 Å². The molecule has 5 heteroatoms. The summed E-state index contributed by atoms with van der Waals surface area (Å²) in [5.41, 5.74) is 0.757. The van der Waals surface area contributed by atoms with Gasteiger partial charge in [-0.25, -0.2) is 4.68 Å². The molecule has 0 saturated heterocycles. The molecule has 1 rings (SSSR count). The first-order chi connectivity index (χ1) is 8.27. The van der Waals surface area contributed by atoms with Crippen molar-refractivity contribution in [2.45, 2.75) is 32.7 Å². The molecule has 2 N–H and O–H groups in total. The van der Waals surface area contributed by atoms with Crippen molar-refractivity contribution in [1.82, 2.24) is 15.1 Å². The lowest BCUT2D eigenvalue weighted by Gasteiger charge is -2.07. The summed E-state index contributed by atoms with van der Waals surface area (Å²) in [5, 5.41) is 10.3. The van der Waals surface area contributed by atoms with Gasteiger partial charge in [-0.1, -0.05) is 19.8 Å². The first-order valence-electron chi connectivity index (χ1n) is 6.23. The van der Waals surface area contributed by atoms with E-state index in [2.05, 4.69) is 22.7 Å². The van der Waals surface area contributed by atoms with Crippen LogP contribution in [0.2, 0.25) is 0 Å². The summed E-state index contributed by atoms with van der Waals surface area (Å²) >= 11 is 0. The van der Waals surface area contributed by atoms with Crippen molar-refractivity contribution >= 4 is 5.69 Å². The average molecular weight is 238 g/mol. The fraction of sp³-hybridized carbons (Fsp3) is 0.667. The molecule has 0 aromatic carbocycles. The van der Waals surface area contributed by atoms with E-state index >= 15 is 0 Å². The molecule has 0 radical (unpaired) electrons. The third kappa shape index (κ3) is 4.99. The zero-order valence-corrected chi connectivity index (χ0v) is 10.7. The van der Waals surface area contributed by atoms with Crippen molar-refractivity contribution in [3.63, 3.8) is 0 Å². The van der Waals surface area contributed by atoms with Gasteiger partial charge in [0.25, 0.3) is 5.56 Å². The van der Waals surface area contributed by atoms with Crippen LogP contribution in [0.25, 0.3) is 0 Å². The van der Waals surface area contributed by atoms with Gasteiger partial charge in [0.05, 0.1) is 11.9 Å². The van der Waals surface area contributed by atoms with Gasteiger partial charge in [0.1, 0.15) is 0 Å². The third-order valence-corrected chi connectivity index (χ3v) is 2.55. The number of nitrogens with zero attached hydrogens (tertiary/aromatic N) is 2. The average Bonchev–Trinajstić information content (AvgIpc) is 2.32. The maximum atomic E-state index is 11.7. The molecule has 0 aliphatic heterocycles. The minimum absolute atomic E-state index is 0.0319. The molecule has 0 atom stereocenters. The predicted molar refractivity (Wildman–Crippen MR) is 70.4 cm³/mol. The number of unbranched alkanes of at least 4 members (excludes halogenated alkanes) is 2. The summed E-state index contributed by atoms with van der Waals surface area (Å²) < 4.78 is 1.53. The van der Waals surface area contributed by atoms with Crippen LogP contribution in [0.1, 0.15) is 26.2 Å². The molecule has 0 spiro atoms. The standard InChI is InChI=1S/C12H22N4O/c1-3-4-5-8-16-12(17)9-11(10-15-16)14-7-6-13-2/h9-10,13-14H,3-8H2,1-2H3. The van der Waals surface area contributed by atoms with Crippen LogP contribution in [-0.4, -0.2) is 29.9 Å². The molecule has 1 aromatic rings. The summed E-state index contributed by atoms with van der Waals surface area (Å²) in [6, 6.07) is 1.61. The molecule has 96 valence electrons. The van der Waals surface area contributed by atoms with Crippen molar-refractivity contribution in [2.75, 3.05) is 25.5 Å². The number of aryl methyl sites for hydroxylation is 1. The van der Waals surface area contributed by atoms with Crippen molar-refractivity contribution in [3.05, 3.63) is 22.6 Å². The van der Waals surface area contributed by atoms with Gasteiger partial charge < -0.3 is 10.6 Å². The van der Waals surface area contributed by atoms with Crippen LogP contribution in [0.4, 0.5) is 5.69 Å². The maximum Gasteiger partial charge on any atom is 0.268 e. The molecular formula is C12H22N4O. The zero-order chi connectivity index (χ0) is 12.5. The fourth-order valence-electron chi connectivity index (χ4n) is 1.54. The van der Waals surface area contributed by atoms with Gasteiger partial charge in [-0.2, -0.15) is 5.10 Å². The van der Waals surface area contributed by atoms with E-state index in [0.717, 1.165) is 38.0 Å². The third-order valence-electron chi connectivity index (χ3n) is 2.55. The van der Waals surface area contributed by atoms with E-state index in [9.17, 15) is 4.79 Å². The monoisotopic (exact) mass is 238 g/mol. The lowest BCUT2D eigenvalue weighted by molar-refractivity contribution is 0.528. The molecule has 0 bridgehead atoms. The smallest absolute Gasteiger partial charge is 0.268 e. The zero-order valence-electron chi connectivity index (χ0n) is 10.7. The first kappa shape index (κ1) is 13.7. The van der Waals surface area contributed by atoms with E-state index in [-0.39, 0.29) is 5.56 Å². The predicted octanol–water partition coefficient (Wildman–Crippen LogP) is 1.06. The Morgan fingerprint density at radius 3 is 2.82 bits per heavy atom. The second kappa shape index (κ2) is 7.84. The number of aromatic nitrogens is 2. The topological polar surface area (TPSA) is 59.0 Å². The SMILES string of the molecule is CCCCCn1ncc(NCCNC)cc1=O. The number of rotatable bonds is 8. The van der Waals surface area contributed by atoms with Gasteiger partial charge in [0, 0.05) is 25.7 Å². The molecule has 1 aromatic heterocycles. The summed E-state index contributed by atoms with van der Waals surface area (Å²) in [6.07, 6.45) is 5.01. The molecule has 0 amide bonds. The second-order valence-corrected chi connectivity index (χ2v) is 4.04. The Labute approximate surface area is 102 Å². The molecule has 0 unspecified atom stereocenters. The van der Waals surface area contributed by atoms with E-state index in [1.807, 2.05) is 7.05 Å². The summed E-state index contributed by atoms with van der Waals surface area (Å²) in [5.74, 6) is 0. The maximum absolute atomic E-state index is 11.7. The summed E-state index contributed by atoms with van der Waals surface area (Å²) in [7, 11) is 1.89. The molecule has 5 nitrogen and oxygen atoms in total. The van der Waals surface area contributed by atoms with Crippen LogP contribution in [0.5, 0.6) is 0 Å². The second-order valence-electron chi connectivity index (χ2n) is 4.04. The Balaban J connectivity index is 2.50. The Kier molecular flexibility index (Phi) is 6.32. The van der Waals surface area contributed by atoms with Crippen molar-refractivity contribution in [1.29, 1.82) is 0 Å². The van der Waals surface area contributed by atoms with Gasteiger partial charge in [0.2, 0.25) is 0 Å². The van der Waals surface area contributed by atoms with Crippen LogP contribution in [-0.2, 0) is 6.54 Å². The van der Waals surface area contributed by atoms with Crippen LogP contribution in [0.15, 0.2) is 17.1 Å². The highest BCUT2D eigenvalue weighted by Gasteiger charge is 1.99. The minimum atomic E-state index is -0.0319. The van der Waals surface area contributed by atoms with Gasteiger partial charge >= 0.3 is 0 Å². The molecule has 0 aliphatic rings. The highest BCUT2D eigenvalue weighted by molar-refractivity contribution is 5.38. The van der Waals surface area contributed by atoms with Gasteiger partial charge in [0.15, 0.2) is 0 Å². The van der Waals surface area contributed by atoms with Crippen LogP contribution >= 0.6 is 0 Å². The van der Waals surface area contributed by atoms with Crippen molar-refractivity contribution < 1.29 is 0 Å². The lowest BCUT2D eigenvalue weighted by Crippen LogP contribution is -2.24. The number of hydrogen-bond donors (Lipinski definition) is 2. The summed E-state index contributed by atoms with van der Waals surface area (Å²) in [6.45, 7) is 4.51. The molecule has 0 saturated carbocycles. The molecule has 0 aliphatic carbocycles. The number of nitrogens with one attached hydrogen (secondary N) is 2. The molecule has 17 heavy (non-hydrogen) atoms. The quantitative estimate of drug-likeness (QED) is 0.665. The van der Waals surface area contributed by atoms with E-state index in [0.29, 0.717) is 6.54 Å². The first-order valence-corrected chi connectivity index (χ1v) is 6.23. The van der Waals surface area contributed by atoms with Crippen LogP contribution in [0.3, 0.4) is 0 Å². The molecule has 0 fully saturated rings. The lowest BCUT2D eigenvalue weighted by atomic mass is 10.2. The largest absolute Gasteiger partial charge is 0.382 e. The Hall–Kier alpha value is -1.36. The summed E-state index contributed by atoms with van der Waals surface area (Å²) in [4.78, 5) is 11.7. The normalized spacial score (nSPS) is 10.5. The number of anilines is 1. The van der Waals surface area contributed by atoms with E-state index in [1.165, 1.54) is 4.68 Å². The number of likely N-dealkylation sites (N-methyl/N-ethyl adjacent to an activating group) is 1. The van der Waals surface area contributed by atoms with Gasteiger partial charge in [-0.15, -0.1) is 0 Å². The van der Waals surface area contributed by atoms with Crippen LogP contribution in [0, 0.1) is 0 Å². The van der Waals surface area contributed by atoms with Crippen molar-refractivity contribution in [3.8, 4) is 0 Å². The Bertz CT molecular complexity index is 375. The highest BCUT2D eigenvalue weighted by atomic mass is 16.1. The Morgan fingerprint density at radius 2 is 2.18 bits per heavy atom. The van der Waals surface area contributed by atoms with E-state index in [4.69, 9.17) is 0 Å². The number of hydrogen-bond acceptors (Lipinski definition) is 4. The van der Waals surface area contributed by atoms with E-state index in [1.54, 1.807) is 12.3 Å². The van der Waals surface area contributed by atoms with Gasteiger partial charge in [-0.05, 0) is 13.5 Å². The van der Waals surface area contributed by atoms with E-state index < -0.39 is 0 Å². The van der Waals surface area contributed by atoms with Crippen LogP contribution < -0.4 is 16.2 Å². The van der Waals surface area contributed by atoms with Gasteiger partial charge in [-0.3, -0.25) is 4.79 Å². The Morgan fingerprint density at radius 1 is 1.35 bits per heavy atom. The molecular weight excluding hydrogens is 216 g/mol. The molecule has 1 heterocycles. The fourth-order valence-corrected chi connectivity index (χ4v) is 1.54. The highest BCUT2D eigenvalue weighted by Crippen LogP contribution is 2.00.